The van der Waals surface area contributed by atoms with Gasteiger partial charge in [-0.05, 0) is 13.8 Å². The van der Waals surface area contributed by atoms with E-state index in [0.717, 1.165) is 13.1 Å². The van der Waals surface area contributed by atoms with Crippen LogP contribution in [0.3, 0.4) is 0 Å². The van der Waals surface area contributed by atoms with Crippen LogP contribution in [0.25, 0.3) is 0 Å². The summed E-state index contributed by atoms with van der Waals surface area (Å²) >= 11 is 0. The molecule has 0 saturated carbocycles. The van der Waals surface area contributed by atoms with Crippen molar-refractivity contribution in [3.05, 3.63) is 0 Å². The molecule has 2 fully saturated rings. The van der Waals surface area contributed by atoms with Gasteiger partial charge in [0.15, 0.2) is 0 Å². The molecule has 6 heteroatoms. The van der Waals surface area contributed by atoms with Gasteiger partial charge in [0, 0.05) is 26.1 Å². The lowest BCUT2D eigenvalue weighted by atomic mass is 10.1. The van der Waals surface area contributed by atoms with Gasteiger partial charge in [0.05, 0.1) is 24.5 Å². The first-order chi connectivity index (χ1) is 8.60. The molecule has 0 aromatic heterocycles. The van der Waals surface area contributed by atoms with E-state index in [0.29, 0.717) is 26.4 Å². The summed E-state index contributed by atoms with van der Waals surface area (Å²) in [5, 5.41) is 9.82. The Morgan fingerprint density at radius 2 is 1.67 bits per heavy atom. The molecule has 3 unspecified atom stereocenters. The Bertz CT molecular complexity index is 247. The number of nitrogens with zero attached hydrogens (tertiary/aromatic N) is 2. The lowest BCUT2D eigenvalue weighted by Gasteiger charge is -2.34. The minimum atomic E-state index is -0.471. The molecule has 2 saturated heterocycles. The molecule has 0 spiro atoms. The highest BCUT2D eigenvalue weighted by Crippen LogP contribution is 2.22. The van der Waals surface area contributed by atoms with E-state index in [4.69, 9.17) is 15.2 Å². The van der Waals surface area contributed by atoms with Crippen LogP contribution in [0.4, 0.5) is 0 Å². The molecule has 0 aliphatic carbocycles. The zero-order chi connectivity index (χ0) is 13.1. The fourth-order valence-corrected chi connectivity index (χ4v) is 2.60. The summed E-state index contributed by atoms with van der Waals surface area (Å²) in [6, 6.07) is 0. The molecule has 0 aromatic carbocycles. The maximum Gasteiger partial charge on any atom is 0.101 e. The van der Waals surface area contributed by atoms with Crippen molar-refractivity contribution in [2.24, 2.45) is 5.73 Å². The highest BCUT2D eigenvalue weighted by atomic mass is 16.5. The Hall–Kier alpha value is -0.240. The number of aliphatic hydroxyl groups is 1. The molecule has 0 amide bonds. The smallest absolute Gasteiger partial charge is 0.101 e. The number of ether oxygens (including phenoxy) is 2. The van der Waals surface area contributed by atoms with E-state index >= 15 is 0 Å². The van der Waals surface area contributed by atoms with Crippen molar-refractivity contribution in [3.8, 4) is 0 Å². The first-order valence-corrected chi connectivity index (χ1v) is 6.69. The fraction of sp³-hybridized carbons (Fsp3) is 1.00. The van der Waals surface area contributed by atoms with E-state index in [1.54, 1.807) is 0 Å². The third-order valence-corrected chi connectivity index (χ3v) is 3.63. The minimum Gasteiger partial charge on any atom is -0.392 e. The molecule has 3 atom stereocenters. The Labute approximate surface area is 109 Å². The average molecular weight is 259 g/mol. The van der Waals surface area contributed by atoms with Crippen molar-refractivity contribution in [3.63, 3.8) is 0 Å². The van der Waals surface area contributed by atoms with E-state index in [9.17, 15) is 5.11 Å². The van der Waals surface area contributed by atoms with Crippen LogP contribution in [0.1, 0.15) is 20.3 Å². The summed E-state index contributed by atoms with van der Waals surface area (Å²) in [4.78, 5) is 4.51. The summed E-state index contributed by atoms with van der Waals surface area (Å²) in [6.07, 6.45) is 0.829. The summed E-state index contributed by atoms with van der Waals surface area (Å²) in [6.45, 7) is 7.46. The second kappa shape index (κ2) is 6.27. The molecule has 18 heavy (non-hydrogen) atoms. The number of nitrogens with two attached hydrogens (primary N) is 1. The minimum absolute atomic E-state index is 0.151. The van der Waals surface area contributed by atoms with E-state index in [2.05, 4.69) is 23.6 Å². The Morgan fingerprint density at radius 3 is 2.00 bits per heavy atom. The summed E-state index contributed by atoms with van der Waals surface area (Å²) < 4.78 is 11.2. The van der Waals surface area contributed by atoms with Gasteiger partial charge in [-0.2, -0.15) is 0 Å². The van der Waals surface area contributed by atoms with E-state index in [1.807, 2.05) is 0 Å². The van der Waals surface area contributed by atoms with E-state index in [-0.39, 0.29) is 18.4 Å². The van der Waals surface area contributed by atoms with Crippen molar-refractivity contribution in [1.82, 2.24) is 9.80 Å². The normalized spacial score (nSPS) is 34.0. The number of rotatable bonds is 5. The monoisotopic (exact) mass is 259 g/mol. The molecule has 2 rings (SSSR count). The Kier molecular flexibility index (Phi) is 4.94. The predicted octanol–water partition coefficient (Wildman–Crippen LogP) is -0.621. The molecule has 0 aromatic rings. The highest BCUT2D eigenvalue weighted by Gasteiger charge is 2.35. The molecule has 2 aliphatic heterocycles. The number of hydrogen-bond acceptors (Lipinski definition) is 6. The van der Waals surface area contributed by atoms with E-state index < -0.39 is 6.10 Å². The van der Waals surface area contributed by atoms with E-state index in [1.165, 1.54) is 0 Å². The van der Waals surface area contributed by atoms with Crippen LogP contribution in [-0.2, 0) is 9.47 Å². The van der Waals surface area contributed by atoms with Crippen LogP contribution in [0.15, 0.2) is 0 Å². The molecule has 0 radical (unpaired) electrons. The van der Waals surface area contributed by atoms with Crippen molar-refractivity contribution in [2.45, 2.75) is 44.7 Å². The van der Waals surface area contributed by atoms with Crippen LogP contribution in [0, 0.1) is 0 Å². The molecule has 0 bridgehead atoms. The zero-order valence-corrected chi connectivity index (χ0v) is 11.3. The van der Waals surface area contributed by atoms with Crippen LogP contribution in [0.2, 0.25) is 0 Å². The van der Waals surface area contributed by atoms with Gasteiger partial charge >= 0.3 is 0 Å². The standard InChI is InChI=1S/C12H25N3O3/c1-9-5-14(7-17-9)12(3-11(16)4-13)15-6-10(2)18-8-15/h9-12,16H,3-8,13H2,1-2H3. The average Bonchev–Trinajstić information content (AvgIpc) is 2.95. The van der Waals surface area contributed by atoms with Crippen molar-refractivity contribution >= 4 is 0 Å². The third kappa shape index (κ3) is 3.40. The Morgan fingerprint density at radius 1 is 1.17 bits per heavy atom. The molecular weight excluding hydrogens is 234 g/mol. The molecular formula is C12H25N3O3. The second-order valence-corrected chi connectivity index (χ2v) is 5.36. The van der Waals surface area contributed by atoms with Gasteiger partial charge in [-0.3, -0.25) is 9.80 Å². The topological polar surface area (TPSA) is 71.2 Å². The van der Waals surface area contributed by atoms with Gasteiger partial charge in [0.25, 0.3) is 0 Å². The van der Waals surface area contributed by atoms with Gasteiger partial charge in [-0.25, -0.2) is 0 Å². The largest absolute Gasteiger partial charge is 0.392 e. The second-order valence-electron chi connectivity index (χ2n) is 5.36. The zero-order valence-electron chi connectivity index (χ0n) is 11.3. The molecule has 3 N–H and O–H groups in total. The van der Waals surface area contributed by atoms with Crippen molar-refractivity contribution < 1.29 is 14.6 Å². The highest BCUT2D eigenvalue weighted by molar-refractivity contribution is 4.82. The van der Waals surface area contributed by atoms with Crippen LogP contribution < -0.4 is 5.73 Å². The first-order valence-electron chi connectivity index (χ1n) is 6.69. The van der Waals surface area contributed by atoms with Crippen molar-refractivity contribution in [2.75, 3.05) is 33.1 Å². The molecule has 2 aliphatic rings. The van der Waals surface area contributed by atoms with Gasteiger partial charge in [0.1, 0.15) is 13.5 Å². The summed E-state index contributed by atoms with van der Waals surface area (Å²) in [5.74, 6) is 0. The van der Waals surface area contributed by atoms with Crippen LogP contribution >= 0.6 is 0 Å². The number of aliphatic hydroxyl groups excluding tert-OH is 1. The maximum atomic E-state index is 9.82. The maximum absolute atomic E-state index is 9.82. The van der Waals surface area contributed by atoms with Gasteiger partial charge in [-0.15, -0.1) is 0 Å². The lowest BCUT2D eigenvalue weighted by Crippen LogP contribution is -2.49. The summed E-state index contributed by atoms with van der Waals surface area (Å²) in [7, 11) is 0. The quantitative estimate of drug-likeness (QED) is 0.685. The lowest BCUT2D eigenvalue weighted by molar-refractivity contribution is -0.0167. The molecule has 106 valence electrons. The Balaban J connectivity index is 1.98. The van der Waals surface area contributed by atoms with Crippen LogP contribution in [-0.4, -0.2) is 72.5 Å². The van der Waals surface area contributed by atoms with Crippen LogP contribution in [0.5, 0.6) is 0 Å². The molecule has 6 nitrogen and oxygen atoms in total. The fourth-order valence-electron chi connectivity index (χ4n) is 2.60. The van der Waals surface area contributed by atoms with Crippen molar-refractivity contribution in [1.29, 1.82) is 0 Å². The predicted molar refractivity (Wildman–Crippen MR) is 67.7 cm³/mol. The van der Waals surface area contributed by atoms with Gasteiger partial charge < -0.3 is 20.3 Å². The SMILES string of the molecule is CC1CN(C(CC(O)CN)N2COC(C)C2)CO1. The molecule has 2 heterocycles. The summed E-state index contributed by atoms with van der Waals surface area (Å²) in [5.41, 5.74) is 5.52. The third-order valence-electron chi connectivity index (χ3n) is 3.63. The number of hydrogen-bond donors (Lipinski definition) is 2. The first kappa shape index (κ1) is 14.2. The van der Waals surface area contributed by atoms with Gasteiger partial charge in [0.2, 0.25) is 0 Å². The van der Waals surface area contributed by atoms with Gasteiger partial charge in [-0.1, -0.05) is 0 Å².